The Kier molecular flexibility index (Phi) is 5.75. The summed E-state index contributed by atoms with van der Waals surface area (Å²) in [5.74, 6) is 0.743. The average molecular weight is 335 g/mol. The molecule has 1 aromatic carbocycles. The maximum atomic E-state index is 12.6. The number of methoxy groups -OCH3 is 1. The van der Waals surface area contributed by atoms with Gasteiger partial charge in [-0.25, -0.2) is 4.79 Å². The van der Waals surface area contributed by atoms with Crippen LogP contribution in [0.3, 0.4) is 0 Å². The molecule has 1 aromatic rings. The van der Waals surface area contributed by atoms with Crippen molar-refractivity contribution in [3.8, 4) is 5.75 Å². The quantitative estimate of drug-likeness (QED) is 0.910. The number of aliphatic hydroxyl groups excluding tert-OH is 1. The number of benzene rings is 1. The first kappa shape index (κ1) is 18.6. The van der Waals surface area contributed by atoms with Gasteiger partial charge in [-0.05, 0) is 64.7 Å². The molecule has 0 aliphatic carbocycles. The van der Waals surface area contributed by atoms with Crippen LogP contribution in [0.4, 0.5) is 4.79 Å². The van der Waals surface area contributed by atoms with Crippen LogP contribution in [-0.2, 0) is 4.74 Å². The lowest BCUT2D eigenvalue weighted by Crippen LogP contribution is -2.52. The molecule has 1 N–H and O–H groups in total. The maximum Gasteiger partial charge on any atom is 0.410 e. The fraction of sp³-hybridized carbons (Fsp3) is 0.632. The van der Waals surface area contributed by atoms with Crippen LogP contribution < -0.4 is 4.74 Å². The Morgan fingerprint density at radius 2 is 1.88 bits per heavy atom. The van der Waals surface area contributed by atoms with Crippen molar-refractivity contribution in [2.24, 2.45) is 0 Å². The molecule has 1 fully saturated rings. The van der Waals surface area contributed by atoms with E-state index >= 15 is 0 Å². The van der Waals surface area contributed by atoms with Crippen LogP contribution in [-0.4, -0.2) is 40.9 Å². The molecule has 0 saturated carbocycles. The highest BCUT2D eigenvalue weighted by molar-refractivity contribution is 5.69. The Labute approximate surface area is 144 Å². The second-order valence-corrected chi connectivity index (χ2v) is 7.45. The van der Waals surface area contributed by atoms with Crippen LogP contribution in [0.25, 0.3) is 0 Å². The zero-order valence-corrected chi connectivity index (χ0v) is 15.3. The molecule has 1 saturated heterocycles. The number of nitrogens with zero attached hydrogens (tertiary/aromatic N) is 1. The molecular weight excluding hydrogens is 306 g/mol. The van der Waals surface area contributed by atoms with Crippen molar-refractivity contribution in [2.45, 2.75) is 70.7 Å². The van der Waals surface area contributed by atoms with Crippen molar-refractivity contribution < 1.29 is 19.4 Å². The van der Waals surface area contributed by atoms with Gasteiger partial charge in [0.15, 0.2) is 0 Å². The van der Waals surface area contributed by atoms with Crippen LogP contribution in [0.2, 0.25) is 0 Å². The predicted octanol–water partition coefficient (Wildman–Crippen LogP) is 3.91. The number of hydrogen-bond acceptors (Lipinski definition) is 4. The lowest BCUT2D eigenvalue weighted by atomic mass is 9.90. The second-order valence-electron chi connectivity index (χ2n) is 7.45. The van der Waals surface area contributed by atoms with E-state index in [1.807, 2.05) is 52.0 Å². The summed E-state index contributed by atoms with van der Waals surface area (Å²) in [6.07, 6.45) is 1.57. The lowest BCUT2D eigenvalue weighted by molar-refractivity contribution is -0.0322. The number of ether oxygens (including phenoxy) is 2. The molecule has 134 valence electrons. The van der Waals surface area contributed by atoms with E-state index in [1.165, 1.54) is 0 Å². The van der Waals surface area contributed by atoms with Gasteiger partial charge >= 0.3 is 6.09 Å². The molecular formula is C19H29NO4. The smallest absolute Gasteiger partial charge is 0.410 e. The summed E-state index contributed by atoms with van der Waals surface area (Å²) in [5, 5.41) is 10.9. The Hall–Kier alpha value is -1.75. The maximum absolute atomic E-state index is 12.6. The minimum atomic E-state index is -0.744. The summed E-state index contributed by atoms with van der Waals surface area (Å²) in [7, 11) is 1.61. The molecule has 1 aliphatic heterocycles. The number of aliphatic hydroxyl groups is 1. The molecule has 0 spiro atoms. The predicted molar refractivity (Wildman–Crippen MR) is 93.1 cm³/mol. The van der Waals surface area contributed by atoms with E-state index in [4.69, 9.17) is 9.47 Å². The molecule has 0 radical (unpaired) electrons. The van der Waals surface area contributed by atoms with E-state index in [-0.39, 0.29) is 18.2 Å². The summed E-state index contributed by atoms with van der Waals surface area (Å²) in [6.45, 7) is 7.58. The third-order valence-corrected chi connectivity index (χ3v) is 4.38. The van der Waals surface area contributed by atoms with Crippen LogP contribution in [0.15, 0.2) is 24.3 Å². The molecule has 0 bridgehead atoms. The number of carbonyl (C=O) groups is 1. The number of amides is 1. The number of rotatable bonds is 3. The molecule has 1 heterocycles. The first-order chi connectivity index (χ1) is 11.2. The Morgan fingerprint density at radius 1 is 1.25 bits per heavy atom. The van der Waals surface area contributed by atoms with Crippen LogP contribution in [0, 0.1) is 0 Å². The zero-order chi connectivity index (χ0) is 17.9. The van der Waals surface area contributed by atoms with Crippen LogP contribution in [0.1, 0.15) is 58.6 Å². The normalized spacial score (nSPS) is 22.8. The Balaban J connectivity index is 2.21. The van der Waals surface area contributed by atoms with Gasteiger partial charge in [0.05, 0.1) is 19.3 Å². The Bertz CT molecular complexity index is 549. The summed E-state index contributed by atoms with van der Waals surface area (Å²) in [6, 6.07) is 7.10. The SMILES string of the molecule is COc1ccc([C@@H](O)[C@@H]2CCC[C@@H](C)N2C(=O)OC(C)(C)C)cc1. The number of likely N-dealkylation sites (tertiary alicyclic amines) is 1. The van der Waals surface area contributed by atoms with Crippen molar-refractivity contribution in [3.05, 3.63) is 29.8 Å². The molecule has 0 aromatic heterocycles. The number of hydrogen-bond donors (Lipinski definition) is 1. The molecule has 5 heteroatoms. The number of carbonyl (C=O) groups excluding carboxylic acids is 1. The van der Waals surface area contributed by atoms with Crippen molar-refractivity contribution in [1.29, 1.82) is 0 Å². The fourth-order valence-corrected chi connectivity index (χ4v) is 3.19. The highest BCUT2D eigenvalue weighted by Crippen LogP contribution is 2.33. The third kappa shape index (κ3) is 4.41. The number of piperidine rings is 1. The highest BCUT2D eigenvalue weighted by Gasteiger charge is 2.38. The summed E-state index contributed by atoms with van der Waals surface area (Å²) in [4.78, 5) is 14.4. The van der Waals surface area contributed by atoms with Crippen molar-refractivity contribution in [1.82, 2.24) is 4.90 Å². The van der Waals surface area contributed by atoms with E-state index in [0.717, 1.165) is 30.6 Å². The van der Waals surface area contributed by atoms with Gasteiger partial charge in [-0.2, -0.15) is 0 Å². The molecule has 2 rings (SSSR count). The monoisotopic (exact) mass is 335 g/mol. The highest BCUT2D eigenvalue weighted by atomic mass is 16.6. The van der Waals surface area contributed by atoms with Crippen molar-refractivity contribution in [3.63, 3.8) is 0 Å². The van der Waals surface area contributed by atoms with E-state index < -0.39 is 11.7 Å². The summed E-state index contributed by atoms with van der Waals surface area (Å²) < 4.78 is 10.7. The van der Waals surface area contributed by atoms with Gasteiger partial charge in [-0.3, -0.25) is 4.90 Å². The molecule has 5 nitrogen and oxygen atoms in total. The van der Waals surface area contributed by atoms with E-state index in [9.17, 15) is 9.90 Å². The van der Waals surface area contributed by atoms with E-state index in [0.29, 0.717) is 0 Å². The molecule has 0 unspecified atom stereocenters. The fourth-order valence-electron chi connectivity index (χ4n) is 3.19. The summed E-state index contributed by atoms with van der Waals surface area (Å²) >= 11 is 0. The van der Waals surface area contributed by atoms with E-state index in [1.54, 1.807) is 12.0 Å². The minimum absolute atomic E-state index is 0.0477. The minimum Gasteiger partial charge on any atom is -0.497 e. The average Bonchev–Trinajstić information content (AvgIpc) is 2.52. The van der Waals surface area contributed by atoms with E-state index in [2.05, 4.69) is 0 Å². The molecule has 24 heavy (non-hydrogen) atoms. The van der Waals surface area contributed by atoms with Gasteiger partial charge < -0.3 is 14.6 Å². The van der Waals surface area contributed by atoms with Gasteiger partial charge in [0.2, 0.25) is 0 Å². The van der Waals surface area contributed by atoms with Crippen molar-refractivity contribution in [2.75, 3.05) is 7.11 Å². The van der Waals surface area contributed by atoms with Gasteiger partial charge in [0.1, 0.15) is 11.4 Å². The molecule has 3 atom stereocenters. The van der Waals surface area contributed by atoms with Crippen molar-refractivity contribution >= 4 is 6.09 Å². The largest absolute Gasteiger partial charge is 0.497 e. The Morgan fingerprint density at radius 3 is 2.42 bits per heavy atom. The molecule has 1 amide bonds. The first-order valence-electron chi connectivity index (χ1n) is 8.56. The summed E-state index contributed by atoms with van der Waals surface area (Å²) in [5.41, 5.74) is 0.229. The van der Waals surface area contributed by atoms with Crippen LogP contribution >= 0.6 is 0 Å². The standard InChI is InChI=1S/C19H29NO4/c1-13-7-6-8-16(20(13)18(22)24-19(2,3)4)17(21)14-9-11-15(23-5)12-10-14/h9-13,16-17,21H,6-8H2,1-5H3/t13-,16+,17-/m1/s1. The second kappa shape index (κ2) is 7.43. The lowest BCUT2D eigenvalue weighted by Gasteiger charge is -2.43. The zero-order valence-electron chi connectivity index (χ0n) is 15.3. The van der Waals surface area contributed by atoms with Crippen LogP contribution in [0.5, 0.6) is 5.75 Å². The third-order valence-electron chi connectivity index (χ3n) is 4.38. The van der Waals surface area contributed by atoms with Gasteiger partial charge in [-0.1, -0.05) is 12.1 Å². The van der Waals surface area contributed by atoms with Gasteiger partial charge in [0.25, 0.3) is 0 Å². The van der Waals surface area contributed by atoms with Gasteiger partial charge in [-0.15, -0.1) is 0 Å². The van der Waals surface area contributed by atoms with Gasteiger partial charge in [0, 0.05) is 6.04 Å². The first-order valence-corrected chi connectivity index (χ1v) is 8.56. The topological polar surface area (TPSA) is 59.0 Å². The molecule has 1 aliphatic rings.